The van der Waals surface area contributed by atoms with Gasteiger partial charge in [0.15, 0.2) is 5.16 Å². The molecule has 0 aliphatic heterocycles. The van der Waals surface area contributed by atoms with Crippen molar-refractivity contribution in [1.82, 2.24) is 14.5 Å². The molecule has 5 nitrogen and oxygen atoms in total. The van der Waals surface area contributed by atoms with E-state index >= 15 is 0 Å². The standard InChI is InChI=1S/C18H23N3O2S/c1-20(2)16(22)12-24-18-19-15-11-7-6-10-14(15)17(23)21(18)13-8-4-3-5-9-13/h6-7,10-11,13H,3-5,8-9,12H2,1-2H3. The van der Waals surface area contributed by atoms with Crippen LogP contribution in [0.3, 0.4) is 0 Å². The molecular weight excluding hydrogens is 322 g/mol. The minimum absolute atomic E-state index is 0.0207. The van der Waals surface area contributed by atoms with Crippen LogP contribution in [-0.4, -0.2) is 40.2 Å². The lowest BCUT2D eigenvalue weighted by Gasteiger charge is -2.26. The summed E-state index contributed by atoms with van der Waals surface area (Å²) in [5, 5.41) is 1.33. The lowest BCUT2D eigenvalue weighted by atomic mass is 9.95. The van der Waals surface area contributed by atoms with E-state index in [-0.39, 0.29) is 17.5 Å². The first-order valence-electron chi connectivity index (χ1n) is 8.42. The Morgan fingerprint density at radius 3 is 2.67 bits per heavy atom. The maximum Gasteiger partial charge on any atom is 0.262 e. The number of fused-ring (bicyclic) bond motifs is 1. The molecule has 0 N–H and O–H groups in total. The van der Waals surface area contributed by atoms with Crippen molar-refractivity contribution in [2.24, 2.45) is 0 Å². The first-order valence-corrected chi connectivity index (χ1v) is 9.40. The van der Waals surface area contributed by atoms with Gasteiger partial charge in [-0.05, 0) is 25.0 Å². The molecule has 1 aliphatic carbocycles. The third-order valence-corrected chi connectivity index (χ3v) is 5.48. The number of aromatic nitrogens is 2. The van der Waals surface area contributed by atoms with E-state index in [9.17, 15) is 9.59 Å². The van der Waals surface area contributed by atoms with Crippen molar-refractivity contribution >= 4 is 28.6 Å². The highest BCUT2D eigenvalue weighted by Gasteiger charge is 2.22. The normalized spacial score (nSPS) is 15.6. The van der Waals surface area contributed by atoms with E-state index < -0.39 is 0 Å². The number of hydrogen-bond acceptors (Lipinski definition) is 4. The highest BCUT2D eigenvalue weighted by molar-refractivity contribution is 7.99. The van der Waals surface area contributed by atoms with Crippen LogP contribution >= 0.6 is 11.8 Å². The first-order chi connectivity index (χ1) is 11.6. The van der Waals surface area contributed by atoms with Gasteiger partial charge in [-0.2, -0.15) is 0 Å². The number of nitrogens with zero attached hydrogens (tertiary/aromatic N) is 3. The molecule has 3 rings (SSSR count). The fraction of sp³-hybridized carbons (Fsp3) is 0.500. The highest BCUT2D eigenvalue weighted by Crippen LogP contribution is 2.31. The van der Waals surface area contributed by atoms with E-state index in [1.807, 2.05) is 28.8 Å². The number of amides is 1. The van der Waals surface area contributed by atoms with Crippen LogP contribution in [0.1, 0.15) is 38.1 Å². The molecule has 1 saturated carbocycles. The van der Waals surface area contributed by atoms with E-state index in [1.54, 1.807) is 19.0 Å². The van der Waals surface area contributed by atoms with Gasteiger partial charge in [-0.3, -0.25) is 14.2 Å². The van der Waals surface area contributed by atoms with Crippen LogP contribution in [0.5, 0.6) is 0 Å². The molecule has 0 radical (unpaired) electrons. The van der Waals surface area contributed by atoms with Gasteiger partial charge in [0.05, 0.1) is 16.7 Å². The molecule has 1 aromatic carbocycles. The summed E-state index contributed by atoms with van der Waals surface area (Å²) >= 11 is 1.37. The number of carbonyl (C=O) groups excluding carboxylic acids is 1. The van der Waals surface area contributed by atoms with Crippen LogP contribution in [0.25, 0.3) is 10.9 Å². The quantitative estimate of drug-likeness (QED) is 0.631. The summed E-state index contributed by atoms with van der Waals surface area (Å²) in [6, 6.07) is 7.65. The van der Waals surface area contributed by atoms with Gasteiger partial charge in [-0.1, -0.05) is 43.2 Å². The molecule has 0 bridgehead atoms. The minimum atomic E-state index is 0.0207. The largest absolute Gasteiger partial charge is 0.348 e. The van der Waals surface area contributed by atoms with Crippen LogP contribution in [0, 0.1) is 0 Å². The maximum absolute atomic E-state index is 13.0. The molecular formula is C18H23N3O2S. The molecule has 1 aliphatic rings. The van der Waals surface area contributed by atoms with Gasteiger partial charge in [0.25, 0.3) is 5.56 Å². The molecule has 24 heavy (non-hydrogen) atoms. The Kier molecular flexibility index (Phi) is 5.23. The summed E-state index contributed by atoms with van der Waals surface area (Å²) in [7, 11) is 3.48. The lowest BCUT2D eigenvalue weighted by molar-refractivity contribution is -0.125. The smallest absolute Gasteiger partial charge is 0.262 e. The third-order valence-electron chi connectivity index (χ3n) is 4.54. The Hall–Kier alpha value is -1.82. The number of benzene rings is 1. The molecule has 0 atom stereocenters. The predicted molar refractivity (Wildman–Crippen MR) is 97.5 cm³/mol. The zero-order valence-corrected chi connectivity index (χ0v) is 15.0. The van der Waals surface area contributed by atoms with Crippen LogP contribution in [-0.2, 0) is 4.79 Å². The van der Waals surface area contributed by atoms with Crippen molar-refractivity contribution in [2.45, 2.75) is 43.3 Å². The molecule has 0 saturated heterocycles. The zero-order valence-electron chi connectivity index (χ0n) is 14.2. The van der Waals surface area contributed by atoms with Gasteiger partial charge in [0, 0.05) is 20.1 Å². The second-order valence-corrected chi connectivity index (χ2v) is 7.40. The molecule has 1 heterocycles. The zero-order chi connectivity index (χ0) is 17.1. The Bertz CT molecular complexity index is 794. The highest BCUT2D eigenvalue weighted by atomic mass is 32.2. The van der Waals surface area contributed by atoms with Gasteiger partial charge in [0.2, 0.25) is 5.91 Å². The van der Waals surface area contributed by atoms with Crippen molar-refractivity contribution in [2.75, 3.05) is 19.8 Å². The van der Waals surface area contributed by atoms with E-state index in [0.717, 1.165) is 25.7 Å². The molecule has 2 aromatic rings. The molecule has 1 amide bonds. The van der Waals surface area contributed by atoms with Crippen LogP contribution in [0.4, 0.5) is 0 Å². The van der Waals surface area contributed by atoms with Crippen molar-refractivity contribution in [3.05, 3.63) is 34.6 Å². The number of thioether (sulfide) groups is 1. The predicted octanol–water partition coefficient (Wildman–Crippen LogP) is 3.08. The Morgan fingerprint density at radius 1 is 1.25 bits per heavy atom. The summed E-state index contributed by atoms with van der Waals surface area (Å²) in [5.41, 5.74) is 0.724. The number of carbonyl (C=O) groups is 1. The van der Waals surface area contributed by atoms with Crippen molar-refractivity contribution in [3.8, 4) is 0 Å². The van der Waals surface area contributed by atoms with Crippen molar-refractivity contribution in [1.29, 1.82) is 0 Å². The molecule has 0 spiro atoms. The van der Waals surface area contributed by atoms with Crippen LogP contribution < -0.4 is 5.56 Å². The lowest BCUT2D eigenvalue weighted by Crippen LogP contribution is -2.30. The van der Waals surface area contributed by atoms with Gasteiger partial charge in [-0.15, -0.1) is 0 Å². The Morgan fingerprint density at radius 2 is 1.96 bits per heavy atom. The molecule has 1 fully saturated rings. The summed E-state index contributed by atoms with van der Waals surface area (Å²) in [5.74, 6) is 0.322. The maximum atomic E-state index is 13.0. The SMILES string of the molecule is CN(C)C(=O)CSc1nc2ccccc2c(=O)n1C1CCCCC1. The fourth-order valence-electron chi connectivity index (χ4n) is 3.14. The summed E-state index contributed by atoms with van der Waals surface area (Å²) in [4.78, 5) is 31.2. The number of hydrogen-bond donors (Lipinski definition) is 0. The monoisotopic (exact) mass is 345 g/mol. The van der Waals surface area contributed by atoms with Gasteiger partial charge in [-0.25, -0.2) is 4.98 Å². The van der Waals surface area contributed by atoms with Gasteiger partial charge >= 0.3 is 0 Å². The van der Waals surface area contributed by atoms with E-state index in [4.69, 9.17) is 4.98 Å². The molecule has 128 valence electrons. The van der Waals surface area contributed by atoms with Crippen molar-refractivity contribution in [3.63, 3.8) is 0 Å². The molecule has 0 unspecified atom stereocenters. The number of para-hydroxylation sites is 1. The number of rotatable bonds is 4. The second kappa shape index (κ2) is 7.38. The average molecular weight is 345 g/mol. The molecule has 6 heteroatoms. The van der Waals surface area contributed by atoms with Gasteiger partial charge in [0.1, 0.15) is 0 Å². The van der Waals surface area contributed by atoms with E-state index in [1.165, 1.54) is 18.2 Å². The van der Waals surface area contributed by atoms with Crippen LogP contribution in [0.2, 0.25) is 0 Å². The topological polar surface area (TPSA) is 55.2 Å². The Labute approximate surface area is 146 Å². The fourth-order valence-corrected chi connectivity index (χ4v) is 4.19. The summed E-state index contributed by atoms with van der Waals surface area (Å²) in [6.07, 6.45) is 5.54. The summed E-state index contributed by atoms with van der Waals surface area (Å²) < 4.78 is 1.84. The second-order valence-electron chi connectivity index (χ2n) is 6.46. The van der Waals surface area contributed by atoms with Crippen molar-refractivity contribution < 1.29 is 4.79 Å². The average Bonchev–Trinajstić information content (AvgIpc) is 2.60. The third kappa shape index (κ3) is 3.48. The van der Waals surface area contributed by atoms with E-state index in [0.29, 0.717) is 21.8 Å². The molecule has 1 aromatic heterocycles. The minimum Gasteiger partial charge on any atom is -0.348 e. The Balaban J connectivity index is 2.03. The van der Waals surface area contributed by atoms with Crippen LogP contribution in [0.15, 0.2) is 34.2 Å². The summed E-state index contributed by atoms with van der Waals surface area (Å²) in [6.45, 7) is 0. The van der Waals surface area contributed by atoms with Gasteiger partial charge < -0.3 is 4.90 Å². The van der Waals surface area contributed by atoms with E-state index in [2.05, 4.69) is 0 Å². The first kappa shape index (κ1) is 17.0.